The molecule has 1 aliphatic heterocycles. The molecule has 1 aromatic rings. The summed E-state index contributed by atoms with van der Waals surface area (Å²) in [7, 11) is 1.71. The first-order chi connectivity index (χ1) is 9.76. The Labute approximate surface area is 122 Å². The van der Waals surface area contributed by atoms with E-state index in [0.717, 1.165) is 11.8 Å². The standard InChI is InChI=1S/C17H26N2O/c1-13(14-3-7-17(20-2)8-4-14)18-15-9-11-19(12-10-15)16-5-6-16/h3-4,7-8,13,15-16,18H,5-6,9-12H2,1-2H3. The van der Waals surface area contributed by atoms with Crippen LogP contribution in [0.2, 0.25) is 0 Å². The Kier molecular flexibility index (Phi) is 4.27. The Morgan fingerprint density at radius 2 is 1.75 bits per heavy atom. The summed E-state index contributed by atoms with van der Waals surface area (Å²) in [6.45, 7) is 4.81. The summed E-state index contributed by atoms with van der Waals surface area (Å²) in [5.74, 6) is 0.929. The van der Waals surface area contributed by atoms with Crippen molar-refractivity contribution in [1.82, 2.24) is 10.2 Å². The van der Waals surface area contributed by atoms with Gasteiger partial charge in [0.1, 0.15) is 5.75 Å². The number of methoxy groups -OCH3 is 1. The number of piperidine rings is 1. The van der Waals surface area contributed by atoms with Crippen LogP contribution >= 0.6 is 0 Å². The number of nitrogens with one attached hydrogen (secondary N) is 1. The second-order valence-electron chi connectivity index (χ2n) is 6.20. The van der Waals surface area contributed by atoms with Gasteiger partial charge < -0.3 is 15.0 Å². The van der Waals surface area contributed by atoms with Crippen LogP contribution in [-0.2, 0) is 0 Å². The molecule has 3 rings (SSSR count). The molecular formula is C17H26N2O. The van der Waals surface area contributed by atoms with Crippen molar-refractivity contribution in [1.29, 1.82) is 0 Å². The molecular weight excluding hydrogens is 248 g/mol. The summed E-state index contributed by atoms with van der Waals surface area (Å²) < 4.78 is 5.21. The highest BCUT2D eigenvalue weighted by molar-refractivity contribution is 5.28. The second-order valence-corrected chi connectivity index (χ2v) is 6.20. The highest BCUT2D eigenvalue weighted by Gasteiger charge is 2.31. The van der Waals surface area contributed by atoms with E-state index in [-0.39, 0.29) is 0 Å². The van der Waals surface area contributed by atoms with E-state index in [1.165, 1.54) is 44.3 Å². The van der Waals surface area contributed by atoms with E-state index in [4.69, 9.17) is 4.74 Å². The fourth-order valence-corrected chi connectivity index (χ4v) is 3.21. The number of hydrogen-bond donors (Lipinski definition) is 1. The van der Waals surface area contributed by atoms with Gasteiger partial charge in [0.25, 0.3) is 0 Å². The molecule has 3 nitrogen and oxygen atoms in total. The molecule has 20 heavy (non-hydrogen) atoms. The monoisotopic (exact) mass is 274 g/mol. The molecule has 2 fully saturated rings. The summed E-state index contributed by atoms with van der Waals surface area (Å²) in [5.41, 5.74) is 1.34. The van der Waals surface area contributed by atoms with Crippen LogP contribution in [0, 0.1) is 0 Å². The molecule has 1 atom stereocenters. The Balaban J connectivity index is 1.49. The molecule has 0 bridgehead atoms. The molecule has 3 heteroatoms. The fourth-order valence-electron chi connectivity index (χ4n) is 3.21. The minimum atomic E-state index is 0.415. The van der Waals surface area contributed by atoms with Gasteiger partial charge in [-0.15, -0.1) is 0 Å². The molecule has 1 aliphatic carbocycles. The average Bonchev–Trinajstić information content (AvgIpc) is 3.33. The Hall–Kier alpha value is -1.06. The van der Waals surface area contributed by atoms with E-state index in [2.05, 4.69) is 29.3 Å². The molecule has 1 heterocycles. The van der Waals surface area contributed by atoms with Crippen molar-refractivity contribution in [2.24, 2.45) is 0 Å². The van der Waals surface area contributed by atoms with Crippen molar-refractivity contribution in [3.8, 4) is 5.75 Å². The third kappa shape index (κ3) is 3.33. The maximum atomic E-state index is 5.21. The van der Waals surface area contributed by atoms with E-state index in [1.54, 1.807) is 7.11 Å². The van der Waals surface area contributed by atoms with E-state index in [0.29, 0.717) is 12.1 Å². The maximum Gasteiger partial charge on any atom is 0.118 e. The van der Waals surface area contributed by atoms with Crippen molar-refractivity contribution in [3.05, 3.63) is 29.8 Å². The number of ether oxygens (including phenoxy) is 1. The summed E-state index contributed by atoms with van der Waals surface area (Å²) in [6, 6.07) is 10.4. The quantitative estimate of drug-likeness (QED) is 0.893. The predicted octanol–water partition coefficient (Wildman–Crippen LogP) is 2.97. The maximum absolute atomic E-state index is 5.21. The first-order valence-electron chi connectivity index (χ1n) is 7.90. The third-order valence-corrected chi connectivity index (χ3v) is 4.69. The molecule has 0 spiro atoms. The van der Waals surface area contributed by atoms with Crippen LogP contribution in [0.25, 0.3) is 0 Å². The SMILES string of the molecule is COc1ccc(C(C)NC2CCN(C3CC3)CC2)cc1. The first kappa shape index (κ1) is 13.9. The highest BCUT2D eigenvalue weighted by Crippen LogP contribution is 2.29. The molecule has 1 saturated carbocycles. The van der Waals surface area contributed by atoms with Crippen LogP contribution < -0.4 is 10.1 Å². The largest absolute Gasteiger partial charge is 0.497 e. The normalized spacial score (nSPS) is 22.7. The van der Waals surface area contributed by atoms with Gasteiger partial charge in [-0.05, 0) is 63.4 Å². The third-order valence-electron chi connectivity index (χ3n) is 4.69. The van der Waals surface area contributed by atoms with E-state index >= 15 is 0 Å². The number of hydrogen-bond acceptors (Lipinski definition) is 3. The van der Waals surface area contributed by atoms with Gasteiger partial charge in [0.15, 0.2) is 0 Å². The van der Waals surface area contributed by atoms with Crippen LogP contribution in [0.15, 0.2) is 24.3 Å². The molecule has 110 valence electrons. The molecule has 1 saturated heterocycles. The van der Waals surface area contributed by atoms with Crippen LogP contribution in [0.1, 0.15) is 44.2 Å². The minimum absolute atomic E-state index is 0.415. The summed E-state index contributed by atoms with van der Waals surface area (Å²) >= 11 is 0. The average molecular weight is 274 g/mol. The van der Waals surface area contributed by atoms with E-state index in [1.807, 2.05) is 12.1 Å². The number of likely N-dealkylation sites (tertiary alicyclic amines) is 1. The summed E-state index contributed by atoms with van der Waals surface area (Å²) in [4.78, 5) is 2.68. The van der Waals surface area contributed by atoms with Crippen molar-refractivity contribution >= 4 is 0 Å². The zero-order chi connectivity index (χ0) is 13.9. The van der Waals surface area contributed by atoms with Gasteiger partial charge in [0.2, 0.25) is 0 Å². The predicted molar refractivity (Wildman–Crippen MR) is 82.2 cm³/mol. The van der Waals surface area contributed by atoms with Crippen LogP contribution in [0.3, 0.4) is 0 Å². The topological polar surface area (TPSA) is 24.5 Å². The van der Waals surface area contributed by atoms with E-state index in [9.17, 15) is 0 Å². The second kappa shape index (κ2) is 6.15. The van der Waals surface area contributed by atoms with Gasteiger partial charge >= 0.3 is 0 Å². The van der Waals surface area contributed by atoms with Crippen LogP contribution in [-0.4, -0.2) is 37.2 Å². The van der Waals surface area contributed by atoms with Crippen LogP contribution in [0.4, 0.5) is 0 Å². The van der Waals surface area contributed by atoms with Crippen molar-refractivity contribution < 1.29 is 4.74 Å². The Morgan fingerprint density at radius 3 is 2.30 bits per heavy atom. The number of rotatable bonds is 5. The molecule has 1 aromatic carbocycles. The zero-order valence-corrected chi connectivity index (χ0v) is 12.6. The lowest BCUT2D eigenvalue weighted by atomic mass is 10.0. The Bertz CT molecular complexity index is 419. The van der Waals surface area contributed by atoms with Crippen molar-refractivity contribution in [2.45, 2.75) is 50.7 Å². The molecule has 1 N–H and O–H groups in total. The summed E-state index contributed by atoms with van der Waals surface area (Å²) in [6.07, 6.45) is 5.44. The van der Waals surface area contributed by atoms with Crippen molar-refractivity contribution in [3.63, 3.8) is 0 Å². The fraction of sp³-hybridized carbons (Fsp3) is 0.647. The number of nitrogens with zero attached hydrogens (tertiary/aromatic N) is 1. The number of benzene rings is 1. The van der Waals surface area contributed by atoms with Gasteiger partial charge in [0.05, 0.1) is 7.11 Å². The van der Waals surface area contributed by atoms with Gasteiger partial charge in [-0.25, -0.2) is 0 Å². The lowest BCUT2D eigenvalue weighted by molar-refractivity contribution is 0.184. The summed E-state index contributed by atoms with van der Waals surface area (Å²) in [5, 5.41) is 3.78. The lowest BCUT2D eigenvalue weighted by Gasteiger charge is -2.34. The van der Waals surface area contributed by atoms with E-state index < -0.39 is 0 Å². The van der Waals surface area contributed by atoms with Gasteiger partial charge in [-0.3, -0.25) is 0 Å². The van der Waals surface area contributed by atoms with Gasteiger partial charge in [-0.1, -0.05) is 12.1 Å². The van der Waals surface area contributed by atoms with Gasteiger partial charge in [0, 0.05) is 18.1 Å². The van der Waals surface area contributed by atoms with Crippen molar-refractivity contribution in [2.75, 3.05) is 20.2 Å². The lowest BCUT2D eigenvalue weighted by Crippen LogP contribution is -2.44. The Morgan fingerprint density at radius 1 is 1.10 bits per heavy atom. The molecule has 0 amide bonds. The molecule has 1 unspecified atom stereocenters. The molecule has 2 aliphatic rings. The first-order valence-corrected chi connectivity index (χ1v) is 7.90. The molecule has 0 aromatic heterocycles. The smallest absolute Gasteiger partial charge is 0.118 e. The molecule has 0 radical (unpaired) electrons. The highest BCUT2D eigenvalue weighted by atomic mass is 16.5. The minimum Gasteiger partial charge on any atom is -0.497 e. The zero-order valence-electron chi connectivity index (χ0n) is 12.6. The van der Waals surface area contributed by atoms with Crippen LogP contribution in [0.5, 0.6) is 5.75 Å². The van der Waals surface area contributed by atoms with Gasteiger partial charge in [-0.2, -0.15) is 0 Å².